The van der Waals surface area contributed by atoms with Crippen molar-refractivity contribution in [3.63, 3.8) is 0 Å². The molecule has 1 unspecified atom stereocenters. The van der Waals surface area contributed by atoms with Gasteiger partial charge in [0.15, 0.2) is 6.04 Å². The van der Waals surface area contributed by atoms with E-state index in [0.717, 1.165) is 27.8 Å². The van der Waals surface area contributed by atoms with E-state index in [9.17, 15) is 19.5 Å². The second kappa shape index (κ2) is 13.1. The zero-order chi connectivity index (χ0) is 27.8. The van der Waals surface area contributed by atoms with Gasteiger partial charge in [0.1, 0.15) is 6.61 Å². The fourth-order valence-electron chi connectivity index (χ4n) is 4.78. The van der Waals surface area contributed by atoms with Gasteiger partial charge in [0.2, 0.25) is 5.91 Å². The minimum Gasteiger partial charge on any atom is -0.480 e. The molecule has 0 aliphatic heterocycles. The van der Waals surface area contributed by atoms with Gasteiger partial charge in [-0.05, 0) is 48.1 Å². The molecule has 3 N–H and O–H groups in total. The average Bonchev–Trinajstić information content (AvgIpc) is 3.26. The summed E-state index contributed by atoms with van der Waals surface area (Å²) in [6.45, 7) is 3.83. The first kappa shape index (κ1) is 27.9. The van der Waals surface area contributed by atoms with Crippen molar-refractivity contribution in [2.75, 3.05) is 6.61 Å². The SMILES string of the molecule is CC(CCC(=O)N[C@@H](C(=O)O)[C@H](C)OCc1ccccc1)NC(=O)OCC1c2ccccc2-c2ccccc21. The third kappa shape index (κ3) is 7.23. The van der Waals surface area contributed by atoms with E-state index in [2.05, 4.69) is 34.9 Å². The number of benzene rings is 3. The standard InChI is InChI=1S/C31H34N2O6/c1-20(16-17-28(34)33-29(30(35)36)21(2)38-18-22-10-4-3-5-11-22)32-31(37)39-19-27-25-14-8-6-12-23(25)24-13-7-9-15-26(24)27/h3-15,20-21,27,29H,16-19H2,1-2H3,(H,32,37)(H,33,34)(H,35,36)/t20?,21-,29+/m0/s1. The van der Waals surface area contributed by atoms with E-state index in [1.165, 1.54) is 0 Å². The maximum absolute atomic E-state index is 12.5. The molecule has 0 fully saturated rings. The summed E-state index contributed by atoms with van der Waals surface area (Å²) in [4.78, 5) is 36.7. The van der Waals surface area contributed by atoms with Gasteiger partial charge in [-0.1, -0.05) is 78.9 Å². The summed E-state index contributed by atoms with van der Waals surface area (Å²) >= 11 is 0. The van der Waals surface area contributed by atoms with Gasteiger partial charge in [0.25, 0.3) is 0 Å². The highest BCUT2D eigenvalue weighted by Gasteiger charge is 2.30. The number of aliphatic carboxylic acids is 1. The van der Waals surface area contributed by atoms with Crippen molar-refractivity contribution >= 4 is 18.0 Å². The number of hydrogen-bond acceptors (Lipinski definition) is 5. The molecule has 3 aromatic rings. The summed E-state index contributed by atoms with van der Waals surface area (Å²) in [6, 6.07) is 24.1. The van der Waals surface area contributed by atoms with E-state index in [1.54, 1.807) is 13.8 Å². The first-order valence-electron chi connectivity index (χ1n) is 13.1. The Bertz CT molecular complexity index is 1250. The van der Waals surface area contributed by atoms with Crippen LogP contribution in [0.5, 0.6) is 0 Å². The number of carboxylic acids is 1. The van der Waals surface area contributed by atoms with Crippen LogP contribution in [0.4, 0.5) is 4.79 Å². The molecule has 0 radical (unpaired) electrons. The van der Waals surface area contributed by atoms with E-state index in [-0.39, 0.29) is 31.6 Å². The monoisotopic (exact) mass is 530 g/mol. The highest BCUT2D eigenvalue weighted by Crippen LogP contribution is 2.44. The molecule has 1 aliphatic rings. The van der Waals surface area contributed by atoms with E-state index < -0.39 is 30.1 Å². The van der Waals surface area contributed by atoms with Gasteiger partial charge in [-0.25, -0.2) is 9.59 Å². The molecule has 3 aromatic carbocycles. The number of rotatable bonds is 12. The predicted octanol–water partition coefficient (Wildman–Crippen LogP) is 4.87. The lowest BCUT2D eigenvalue weighted by atomic mass is 9.98. The van der Waals surface area contributed by atoms with Crippen molar-refractivity contribution in [2.45, 2.75) is 57.4 Å². The summed E-state index contributed by atoms with van der Waals surface area (Å²) in [6.07, 6.45) is -0.930. The van der Waals surface area contributed by atoms with Gasteiger partial charge in [0.05, 0.1) is 12.7 Å². The van der Waals surface area contributed by atoms with Gasteiger partial charge >= 0.3 is 12.1 Å². The van der Waals surface area contributed by atoms with Gasteiger partial charge in [-0.15, -0.1) is 0 Å². The maximum atomic E-state index is 12.5. The smallest absolute Gasteiger partial charge is 0.407 e. The lowest BCUT2D eigenvalue weighted by molar-refractivity contribution is -0.146. The Morgan fingerprint density at radius 3 is 2.05 bits per heavy atom. The Morgan fingerprint density at radius 2 is 1.44 bits per heavy atom. The third-order valence-corrected chi connectivity index (χ3v) is 6.92. The molecule has 0 heterocycles. The Balaban J connectivity index is 1.21. The van der Waals surface area contributed by atoms with Crippen LogP contribution in [-0.4, -0.2) is 47.9 Å². The van der Waals surface area contributed by atoms with Gasteiger partial charge < -0.3 is 25.2 Å². The van der Waals surface area contributed by atoms with Crippen LogP contribution in [-0.2, 0) is 25.7 Å². The molecule has 4 rings (SSSR count). The van der Waals surface area contributed by atoms with Crippen LogP contribution in [0, 0.1) is 0 Å². The van der Waals surface area contributed by atoms with Crippen molar-refractivity contribution in [3.05, 3.63) is 95.6 Å². The van der Waals surface area contributed by atoms with Gasteiger partial charge in [-0.3, -0.25) is 4.79 Å². The molecule has 0 saturated heterocycles. The molecule has 2 amide bonds. The molecule has 0 aromatic heterocycles. The summed E-state index contributed by atoms with van der Waals surface area (Å²) in [5, 5.41) is 14.9. The molecule has 204 valence electrons. The maximum Gasteiger partial charge on any atom is 0.407 e. The number of amides is 2. The first-order valence-corrected chi connectivity index (χ1v) is 13.1. The highest BCUT2D eigenvalue weighted by molar-refractivity contribution is 5.84. The lowest BCUT2D eigenvalue weighted by Crippen LogP contribution is -2.48. The van der Waals surface area contributed by atoms with E-state index in [1.807, 2.05) is 54.6 Å². The van der Waals surface area contributed by atoms with Crippen molar-refractivity contribution in [2.24, 2.45) is 0 Å². The number of hydrogen-bond donors (Lipinski definition) is 3. The highest BCUT2D eigenvalue weighted by atomic mass is 16.5. The molecule has 1 aliphatic carbocycles. The molecule has 8 nitrogen and oxygen atoms in total. The number of carboxylic acid groups (broad SMARTS) is 1. The summed E-state index contributed by atoms with van der Waals surface area (Å²) < 4.78 is 11.2. The van der Waals surface area contributed by atoms with Crippen LogP contribution in [0.25, 0.3) is 11.1 Å². The Morgan fingerprint density at radius 1 is 0.846 bits per heavy atom. The largest absolute Gasteiger partial charge is 0.480 e. The number of carbonyl (C=O) groups excluding carboxylic acids is 2. The van der Waals surface area contributed by atoms with Gasteiger partial charge in [-0.2, -0.15) is 0 Å². The number of nitrogens with one attached hydrogen (secondary N) is 2. The van der Waals surface area contributed by atoms with Crippen molar-refractivity contribution in [3.8, 4) is 11.1 Å². The van der Waals surface area contributed by atoms with Crippen molar-refractivity contribution < 1.29 is 29.0 Å². The van der Waals surface area contributed by atoms with Crippen LogP contribution >= 0.6 is 0 Å². The van der Waals surface area contributed by atoms with Crippen LogP contribution < -0.4 is 10.6 Å². The zero-order valence-corrected chi connectivity index (χ0v) is 22.1. The Labute approximate surface area is 228 Å². The van der Waals surface area contributed by atoms with Gasteiger partial charge in [0, 0.05) is 18.4 Å². The minimum absolute atomic E-state index is 0.0386. The third-order valence-electron chi connectivity index (χ3n) is 6.92. The zero-order valence-electron chi connectivity index (χ0n) is 22.1. The fourth-order valence-corrected chi connectivity index (χ4v) is 4.78. The van der Waals surface area contributed by atoms with Crippen LogP contribution in [0.15, 0.2) is 78.9 Å². The number of alkyl carbamates (subject to hydrolysis) is 1. The summed E-state index contributed by atoms with van der Waals surface area (Å²) in [7, 11) is 0. The second-order valence-electron chi connectivity index (χ2n) is 9.79. The molecule has 0 saturated carbocycles. The fraction of sp³-hybridized carbons (Fsp3) is 0.323. The van der Waals surface area contributed by atoms with E-state index >= 15 is 0 Å². The summed E-state index contributed by atoms with van der Waals surface area (Å²) in [5.41, 5.74) is 5.48. The second-order valence-corrected chi connectivity index (χ2v) is 9.79. The van der Waals surface area contributed by atoms with Crippen LogP contribution in [0.2, 0.25) is 0 Å². The first-order chi connectivity index (χ1) is 18.8. The molecule has 0 spiro atoms. The minimum atomic E-state index is -1.19. The Kier molecular flexibility index (Phi) is 9.33. The topological polar surface area (TPSA) is 114 Å². The lowest BCUT2D eigenvalue weighted by Gasteiger charge is -2.22. The molecule has 8 heteroatoms. The normalized spacial score (nSPS) is 14.4. The predicted molar refractivity (Wildman–Crippen MR) is 147 cm³/mol. The van der Waals surface area contributed by atoms with Crippen LogP contribution in [0.3, 0.4) is 0 Å². The van der Waals surface area contributed by atoms with Crippen LogP contribution in [0.1, 0.15) is 49.3 Å². The number of ether oxygens (including phenoxy) is 2. The number of fused-ring (bicyclic) bond motifs is 3. The Hall–Kier alpha value is -4.17. The molecule has 3 atom stereocenters. The summed E-state index contributed by atoms with van der Waals surface area (Å²) in [5.74, 6) is -1.64. The quantitative estimate of drug-likeness (QED) is 0.308. The molecular formula is C31H34N2O6. The van der Waals surface area contributed by atoms with Crippen molar-refractivity contribution in [1.29, 1.82) is 0 Å². The van der Waals surface area contributed by atoms with E-state index in [0.29, 0.717) is 6.42 Å². The number of carbonyl (C=O) groups is 3. The average molecular weight is 531 g/mol. The molecular weight excluding hydrogens is 496 g/mol. The van der Waals surface area contributed by atoms with E-state index in [4.69, 9.17) is 9.47 Å². The van der Waals surface area contributed by atoms with Crippen molar-refractivity contribution in [1.82, 2.24) is 10.6 Å². The molecule has 0 bridgehead atoms. The molecule has 39 heavy (non-hydrogen) atoms.